The first-order chi connectivity index (χ1) is 11.8. The monoisotopic (exact) mass is 463 g/mol. The lowest BCUT2D eigenvalue weighted by atomic mass is 9.99. The minimum atomic E-state index is -4.73. The van der Waals surface area contributed by atoms with E-state index in [0.717, 1.165) is 3.57 Å². The third kappa shape index (κ3) is 3.74. The number of benzene rings is 2. The average Bonchev–Trinajstić information content (AvgIpc) is 3.02. The van der Waals surface area contributed by atoms with Gasteiger partial charge in [-0.2, -0.15) is 0 Å². The van der Waals surface area contributed by atoms with Gasteiger partial charge in [-0.1, -0.05) is 19.1 Å². The van der Waals surface area contributed by atoms with E-state index in [1.807, 2.05) is 13.0 Å². The number of aliphatic hydroxyl groups is 1. The maximum Gasteiger partial charge on any atom is 0.573 e. The van der Waals surface area contributed by atoms with Gasteiger partial charge in [0.05, 0.1) is 6.10 Å². The van der Waals surface area contributed by atoms with Gasteiger partial charge in [0.2, 0.25) is 0 Å². The zero-order valence-corrected chi connectivity index (χ0v) is 15.1. The number of nitrogens with zero attached hydrogens (tertiary/aromatic N) is 1. The molecule has 1 aromatic heterocycles. The van der Waals surface area contributed by atoms with Crippen molar-refractivity contribution >= 4 is 33.7 Å². The SMILES string of the molecule is CCC(O)c1c(I)cc(-c2ccc(OC(F)(F)F)cc2)c2ncoc12. The summed E-state index contributed by atoms with van der Waals surface area (Å²) in [7, 11) is 0. The molecule has 0 saturated heterocycles. The van der Waals surface area contributed by atoms with Gasteiger partial charge in [-0.3, -0.25) is 0 Å². The lowest BCUT2D eigenvalue weighted by molar-refractivity contribution is -0.274. The van der Waals surface area contributed by atoms with Gasteiger partial charge in [-0.05, 0) is 52.8 Å². The maximum atomic E-state index is 12.3. The Labute approximate surface area is 154 Å². The molecule has 3 rings (SSSR count). The number of oxazole rings is 1. The highest BCUT2D eigenvalue weighted by molar-refractivity contribution is 14.1. The van der Waals surface area contributed by atoms with Gasteiger partial charge >= 0.3 is 6.36 Å². The topological polar surface area (TPSA) is 55.5 Å². The maximum absolute atomic E-state index is 12.3. The normalized spacial score (nSPS) is 13.2. The molecule has 0 bridgehead atoms. The van der Waals surface area contributed by atoms with E-state index in [-0.39, 0.29) is 5.75 Å². The molecular weight excluding hydrogens is 450 g/mol. The fourth-order valence-electron chi connectivity index (χ4n) is 2.58. The minimum Gasteiger partial charge on any atom is -0.443 e. The van der Waals surface area contributed by atoms with Gasteiger partial charge in [-0.15, -0.1) is 13.2 Å². The highest BCUT2D eigenvalue weighted by Crippen LogP contribution is 2.37. The lowest BCUT2D eigenvalue weighted by Gasteiger charge is -2.14. The van der Waals surface area contributed by atoms with Crippen LogP contribution < -0.4 is 4.74 Å². The zero-order chi connectivity index (χ0) is 18.2. The first kappa shape index (κ1) is 18.0. The molecule has 132 valence electrons. The summed E-state index contributed by atoms with van der Waals surface area (Å²) < 4.78 is 46.9. The predicted molar refractivity (Wildman–Crippen MR) is 94.1 cm³/mol. The molecule has 2 aromatic carbocycles. The molecule has 1 N–H and O–H groups in total. The van der Waals surface area contributed by atoms with Gasteiger partial charge in [0, 0.05) is 14.7 Å². The van der Waals surface area contributed by atoms with E-state index in [0.29, 0.717) is 34.2 Å². The zero-order valence-electron chi connectivity index (χ0n) is 13.0. The summed E-state index contributed by atoms with van der Waals surface area (Å²) in [4.78, 5) is 4.20. The largest absolute Gasteiger partial charge is 0.573 e. The summed E-state index contributed by atoms with van der Waals surface area (Å²) in [6, 6.07) is 7.37. The van der Waals surface area contributed by atoms with Crippen LogP contribution >= 0.6 is 22.6 Å². The molecule has 1 atom stereocenters. The third-order valence-electron chi connectivity index (χ3n) is 3.71. The van der Waals surface area contributed by atoms with E-state index < -0.39 is 12.5 Å². The number of fused-ring (bicyclic) bond motifs is 1. The highest BCUT2D eigenvalue weighted by Gasteiger charge is 2.31. The van der Waals surface area contributed by atoms with Crippen molar-refractivity contribution in [3.63, 3.8) is 0 Å². The number of alkyl halides is 3. The molecular formula is C17H13F3INO3. The second-order valence-electron chi connectivity index (χ2n) is 5.35. The summed E-state index contributed by atoms with van der Waals surface area (Å²) in [5, 5.41) is 10.2. The van der Waals surface area contributed by atoms with Gasteiger partial charge in [0.15, 0.2) is 12.0 Å². The number of ether oxygens (including phenoxy) is 1. The smallest absolute Gasteiger partial charge is 0.443 e. The Kier molecular flexibility index (Phi) is 4.92. The number of aliphatic hydroxyl groups excluding tert-OH is 1. The molecule has 0 saturated carbocycles. The second-order valence-corrected chi connectivity index (χ2v) is 6.51. The van der Waals surface area contributed by atoms with Crippen LogP contribution in [0.4, 0.5) is 13.2 Å². The molecule has 1 heterocycles. The van der Waals surface area contributed by atoms with E-state index in [1.54, 1.807) is 0 Å². The van der Waals surface area contributed by atoms with Crippen LogP contribution in [0, 0.1) is 3.57 Å². The van der Waals surface area contributed by atoms with Crippen molar-refractivity contribution in [2.45, 2.75) is 25.8 Å². The van der Waals surface area contributed by atoms with E-state index in [2.05, 4.69) is 32.3 Å². The molecule has 25 heavy (non-hydrogen) atoms. The fourth-order valence-corrected chi connectivity index (χ4v) is 3.50. The van der Waals surface area contributed by atoms with Crippen LogP contribution in [0.3, 0.4) is 0 Å². The van der Waals surface area contributed by atoms with E-state index in [4.69, 9.17) is 4.42 Å². The van der Waals surface area contributed by atoms with Crippen molar-refractivity contribution in [2.24, 2.45) is 0 Å². The Morgan fingerprint density at radius 3 is 2.56 bits per heavy atom. The summed E-state index contributed by atoms with van der Waals surface area (Å²) in [6.07, 6.45) is -3.60. The van der Waals surface area contributed by atoms with Gasteiger partial charge in [0.1, 0.15) is 11.3 Å². The molecule has 0 fully saturated rings. The van der Waals surface area contributed by atoms with Crippen LogP contribution in [0.5, 0.6) is 5.75 Å². The molecule has 8 heteroatoms. The van der Waals surface area contributed by atoms with Crippen molar-refractivity contribution in [3.8, 4) is 16.9 Å². The number of hydrogen-bond acceptors (Lipinski definition) is 4. The predicted octanol–water partition coefficient (Wildman–Crippen LogP) is 5.44. The van der Waals surface area contributed by atoms with Crippen molar-refractivity contribution in [2.75, 3.05) is 0 Å². The van der Waals surface area contributed by atoms with Crippen molar-refractivity contribution in [1.29, 1.82) is 0 Å². The van der Waals surface area contributed by atoms with E-state index in [9.17, 15) is 18.3 Å². The standard InChI is InChI=1S/C17H13F3INO3/c1-2-13(23)14-12(21)7-11(15-16(14)24-8-22-15)9-3-5-10(6-4-9)25-17(18,19)20/h3-8,13,23H,2H2,1H3. The van der Waals surface area contributed by atoms with Crippen molar-refractivity contribution in [3.05, 3.63) is 45.9 Å². The number of rotatable bonds is 4. The quantitative estimate of drug-likeness (QED) is 0.524. The van der Waals surface area contributed by atoms with Crippen molar-refractivity contribution in [1.82, 2.24) is 4.98 Å². The highest BCUT2D eigenvalue weighted by atomic mass is 127. The first-order valence-corrected chi connectivity index (χ1v) is 8.48. The second kappa shape index (κ2) is 6.83. The fraction of sp³-hybridized carbons (Fsp3) is 0.235. The molecule has 3 aromatic rings. The summed E-state index contributed by atoms with van der Waals surface area (Å²) in [5.41, 5.74) is 3.07. The van der Waals surface area contributed by atoms with E-state index in [1.165, 1.54) is 30.7 Å². The Morgan fingerprint density at radius 2 is 1.96 bits per heavy atom. The van der Waals surface area contributed by atoms with Gasteiger partial charge in [0.25, 0.3) is 0 Å². The molecule has 0 spiro atoms. The van der Waals surface area contributed by atoms with Crippen LogP contribution in [-0.4, -0.2) is 16.5 Å². The van der Waals surface area contributed by atoms with Crippen LogP contribution in [-0.2, 0) is 0 Å². The first-order valence-electron chi connectivity index (χ1n) is 7.40. The summed E-state index contributed by atoms with van der Waals surface area (Å²) in [6.45, 7) is 1.86. The van der Waals surface area contributed by atoms with Crippen LogP contribution in [0.25, 0.3) is 22.2 Å². The van der Waals surface area contributed by atoms with Gasteiger partial charge in [-0.25, -0.2) is 4.98 Å². The molecule has 0 amide bonds. The van der Waals surface area contributed by atoms with Gasteiger partial charge < -0.3 is 14.3 Å². The van der Waals surface area contributed by atoms with Crippen LogP contribution in [0.2, 0.25) is 0 Å². The van der Waals surface area contributed by atoms with Crippen LogP contribution in [0.1, 0.15) is 25.0 Å². The Balaban J connectivity index is 2.06. The lowest BCUT2D eigenvalue weighted by Crippen LogP contribution is -2.16. The molecule has 1 unspecified atom stereocenters. The molecule has 0 radical (unpaired) electrons. The Hall–Kier alpha value is -1.81. The van der Waals surface area contributed by atoms with Crippen molar-refractivity contribution < 1.29 is 27.4 Å². The Bertz CT molecular complexity index is 891. The third-order valence-corrected chi connectivity index (χ3v) is 4.61. The molecule has 0 aliphatic rings. The van der Waals surface area contributed by atoms with Crippen LogP contribution in [0.15, 0.2) is 41.1 Å². The molecule has 0 aliphatic heterocycles. The molecule has 0 aliphatic carbocycles. The van der Waals surface area contributed by atoms with E-state index >= 15 is 0 Å². The average molecular weight is 463 g/mol. The molecule has 4 nitrogen and oxygen atoms in total. The number of halogens is 4. The number of aromatic nitrogens is 1. The number of hydrogen-bond donors (Lipinski definition) is 1. The summed E-state index contributed by atoms with van der Waals surface area (Å²) in [5.74, 6) is -0.291. The minimum absolute atomic E-state index is 0.291. The summed E-state index contributed by atoms with van der Waals surface area (Å²) >= 11 is 2.10. The Morgan fingerprint density at radius 1 is 1.28 bits per heavy atom.